The SMILES string of the molecule is CCN(CC(C)C)C(=O)NCCOc1c(C)cccc1C. The largest absolute Gasteiger partial charge is 0.491 e. The molecule has 0 heterocycles. The third-order valence-electron chi connectivity index (χ3n) is 3.29. The summed E-state index contributed by atoms with van der Waals surface area (Å²) in [5.41, 5.74) is 2.24. The van der Waals surface area contributed by atoms with Crippen molar-refractivity contribution in [2.24, 2.45) is 5.92 Å². The molecule has 0 saturated carbocycles. The molecular formula is C17H28N2O2. The van der Waals surface area contributed by atoms with Gasteiger partial charge in [0.05, 0.1) is 6.54 Å². The van der Waals surface area contributed by atoms with Gasteiger partial charge in [-0.15, -0.1) is 0 Å². The summed E-state index contributed by atoms with van der Waals surface area (Å²) in [4.78, 5) is 13.8. The Balaban J connectivity index is 2.38. The normalized spacial score (nSPS) is 10.6. The van der Waals surface area contributed by atoms with Crippen molar-refractivity contribution in [2.45, 2.75) is 34.6 Å². The topological polar surface area (TPSA) is 41.6 Å². The fraction of sp³-hybridized carbons (Fsp3) is 0.588. The van der Waals surface area contributed by atoms with Crippen molar-refractivity contribution in [3.05, 3.63) is 29.3 Å². The van der Waals surface area contributed by atoms with E-state index in [2.05, 4.69) is 19.2 Å². The highest BCUT2D eigenvalue weighted by Crippen LogP contribution is 2.21. The number of carbonyl (C=O) groups is 1. The van der Waals surface area contributed by atoms with Crippen LogP contribution in [-0.4, -0.2) is 37.2 Å². The van der Waals surface area contributed by atoms with Gasteiger partial charge in [0.2, 0.25) is 0 Å². The lowest BCUT2D eigenvalue weighted by atomic mass is 10.1. The van der Waals surface area contributed by atoms with Crippen molar-refractivity contribution < 1.29 is 9.53 Å². The number of hydrogen-bond donors (Lipinski definition) is 1. The number of rotatable bonds is 7. The quantitative estimate of drug-likeness (QED) is 0.783. The Labute approximate surface area is 128 Å². The summed E-state index contributed by atoms with van der Waals surface area (Å²) >= 11 is 0. The molecule has 0 bridgehead atoms. The van der Waals surface area contributed by atoms with Crippen molar-refractivity contribution in [1.82, 2.24) is 10.2 Å². The van der Waals surface area contributed by atoms with Crippen LogP contribution in [0.3, 0.4) is 0 Å². The van der Waals surface area contributed by atoms with E-state index in [1.807, 2.05) is 43.9 Å². The highest BCUT2D eigenvalue weighted by atomic mass is 16.5. The van der Waals surface area contributed by atoms with Crippen LogP contribution in [0.25, 0.3) is 0 Å². The van der Waals surface area contributed by atoms with Gasteiger partial charge in [-0.05, 0) is 37.8 Å². The van der Waals surface area contributed by atoms with Gasteiger partial charge in [0, 0.05) is 13.1 Å². The average Bonchev–Trinajstić information content (AvgIpc) is 2.43. The van der Waals surface area contributed by atoms with Crippen molar-refractivity contribution >= 4 is 6.03 Å². The molecule has 1 N–H and O–H groups in total. The lowest BCUT2D eigenvalue weighted by Crippen LogP contribution is -2.43. The first-order chi connectivity index (χ1) is 9.95. The minimum absolute atomic E-state index is 0.0173. The van der Waals surface area contributed by atoms with E-state index in [1.165, 1.54) is 0 Å². The maximum atomic E-state index is 12.0. The summed E-state index contributed by atoms with van der Waals surface area (Å²) < 4.78 is 5.78. The zero-order valence-electron chi connectivity index (χ0n) is 13.9. The highest BCUT2D eigenvalue weighted by Gasteiger charge is 2.12. The molecule has 118 valence electrons. The predicted molar refractivity (Wildman–Crippen MR) is 86.9 cm³/mol. The molecule has 1 aromatic carbocycles. The molecule has 21 heavy (non-hydrogen) atoms. The Morgan fingerprint density at radius 1 is 1.29 bits per heavy atom. The van der Waals surface area contributed by atoms with E-state index in [-0.39, 0.29) is 6.03 Å². The van der Waals surface area contributed by atoms with Crippen LogP contribution >= 0.6 is 0 Å². The fourth-order valence-corrected chi connectivity index (χ4v) is 2.25. The molecule has 1 aromatic rings. The Morgan fingerprint density at radius 2 is 1.90 bits per heavy atom. The highest BCUT2D eigenvalue weighted by molar-refractivity contribution is 5.74. The molecule has 0 aliphatic heterocycles. The molecule has 0 spiro atoms. The van der Waals surface area contributed by atoms with Crippen LogP contribution in [0, 0.1) is 19.8 Å². The number of nitrogens with zero attached hydrogens (tertiary/aromatic N) is 1. The standard InChI is InChI=1S/C17H28N2O2/c1-6-19(12-13(2)3)17(20)18-10-11-21-16-14(4)8-7-9-15(16)5/h7-9,13H,6,10-12H2,1-5H3,(H,18,20). The molecule has 0 fully saturated rings. The predicted octanol–water partition coefficient (Wildman–Crippen LogP) is 3.37. The van der Waals surface area contributed by atoms with Gasteiger partial charge in [-0.1, -0.05) is 32.0 Å². The number of para-hydroxylation sites is 1. The number of ether oxygens (including phenoxy) is 1. The van der Waals surface area contributed by atoms with Gasteiger partial charge in [0.25, 0.3) is 0 Å². The fourth-order valence-electron chi connectivity index (χ4n) is 2.25. The molecule has 0 radical (unpaired) electrons. The van der Waals surface area contributed by atoms with Crippen molar-refractivity contribution in [1.29, 1.82) is 0 Å². The minimum atomic E-state index is -0.0173. The Kier molecular flexibility index (Phi) is 7.06. The summed E-state index contributed by atoms with van der Waals surface area (Å²) in [7, 11) is 0. The zero-order chi connectivity index (χ0) is 15.8. The summed E-state index contributed by atoms with van der Waals surface area (Å²) in [6.07, 6.45) is 0. The summed E-state index contributed by atoms with van der Waals surface area (Å²) in [6, 6.07) is 6.06. The molecule has 4 heteroatoms. The summed E-state index contributed by atoms with van der Waals surface area (Å²) in [6.45, 7) is 12.8. The van der Waals surface area contributed by atoms with Gasteiger partial charge in [-0.2, -0.15) is 0 Å². The van der Waals surface area contributed by atoms with Crippen molar-refractivity contribution in [2.75, 3.05) is 26.2 Å². The maximum absolute atomic E-state index is 12.0. The average molecular weight is 292 g/mol. The second-order valence-electron chi connectivity index (χ2n) is 5.73. The molecular weight excluding hydrogens is 264 g/mol. The monoisotopic (exact) mass is 292 g/mol. The van der Waals surface area contributed by atoms with E-state index in [0.29, 0.717) is 19.1 Å². The van der Waals surface area contributed by atoms with E-state index in [4.69, 9.17) is 4.74 Å². The number of carbonyl (C=O) groups excluding carboxylic acids is 1. The van der Waals surface area contributed by atoms with Crippen molar-refractivity contribution in [3.63, 3.8) is 0 Å². The Bertz CT molecular complexity index is 438. The lowest BCUT2D eigenvalue weighted by Gasteiger charge is -2.23. The van der Waals surface area contributed by atoms with Gasteiger partial charge in [-0.25, -0.2) is 4.79 Å². The van der Waals surface area contributed by atoms with E-state index >= 15 is 0 Å². The molecule has 4 nitrogen and oxygen atoms in total. The van der Waals surface area contributed by atoms with Crippen LogP contribution in [0.15, 0.2) is 18.2 Å². The molecule has 0 saturated heterocycles. The van der Waals surface area contributed by atoms with E-state index < -0.39 is 0 Å². The van der Waals surface area contributed by atoms with Crippen LogP contribution in [0.4, 0.5) is 4.79 Å². The van der Waals surface area contributed by atoms with E-state index in [0.717, 1.165) is 30.0 Å². The van der Waals surface area contributed by atoms with Crippen LogP contribution in [-0.2, 0) is 0 Å². The van der Waals surface area contributed by atoms with Crippen LogP contribution in [0.2, 0.25) is 0 Å². The Morgan fingerprint density at radius 3 is 2.43 bits per heavy atom. The number of nitrogens with one attached hydrogen (secondary N) is 1. The molecule has 2 amide bonds. The number of hydrogen-bond acceptors (Lipinski definition) is 2. The second kappa shape index (κ2) is 8.55. The number of benzene rings is 1. The van der Waals surface area contributed by atoms with Gasteiger partial charge >= 0.3 is 6.03 Å². The Hall–Kier alpha value is -1.71. The third-order valence-corrected chi connectivity index (χ3v) is 3.29. The van der Waals surface area contributed by atoms with Gasteiger partial charge in [0.1, 0.15) is 12.4 Å². The lowest BCUT2D eigenvalue weighted by molar-refractivity contribution is 0.191. The van der Waals surface area contributed by atoms with E-state index in [9.17, 15) is 4.79 Å². The van der Waals surface area contributed by atoms with Gasteiger partial charge in [0.15, 0.2) is 0 Å². The van der Waals surface area contributed by atoms with E-state index in [1.54, 1.807) is 0 Å². The first kappa shape index (κ1) is 17.3. The van der Waals surface area contributed by atoms with Crippen LogP contribution < -0.4 is 10.1 Å². The zero-order valence-corrected chi connectivity index (χ0v) is 13.9. The first-order valence-corrected chi connectivity index (χ1v) is 7.67. The molecule has 0 aliphatic rings. The molecule has 0 unspecified atom stereocenters. The summed E-state index contributed by atoms with van der Waals surface area (Å²) in [5, 5.41) is 2.91. The second-order valence-corrected chi connectivity index (χ2v) is 5.73. The molecule has 0 atom stereocenters. The van der Waals surface area contributed by atoms with Crippen molar-refractivity contribution in [3.8, 4) is 5.75 Å². The number of amides is 2. The number of aryl methyl sites for hydroxylation is 2. The van der Waals surface area contributed by atoms with Crippen LogP contribution in [0.5, 0.6) is 5.75 Å². The first-order valence-electron chi connectivity index (χ1n) is 7.67. The minimum Gasteiger partial charge on any atom is -0.491 e. The number of urea groups is 1. The molecule has 0 aromatic heterocycles. The maximum Gasteiger partial charge on any atom is 0.317 e. The van der Waals surface area contributed by atoms with Gasteiger partial charge < -0.3 is 15.0 Å². The molecule has 0 aliphatic carbocycles. The van der Waals surface area contributed by atoms with Crippen LogP contribution in [0.1, 0.15) is 31.9 Å². The molecule has 1 rings (SSSR count). The summed E-state index contributed by atoms with van der Waals surface area (Å²) in [5.74, 6) is 1.39. The van der Waals surface area contributed by atoms with Gasteiger partial charge in [-0.3, -0.25) is 0 Å². The third kappa shape index (κ3) is 5.66. The smallest absolute Gasteiger partial charge is 0.317 e.